The van der Waals surface area contributed by atoms with Crippen molar-refractivity contribution in [1.29, 1.82) is 0 Å². The molecule has 1 fully saturated rings. The smallest absolute Gasteiger partial charge is 0.262 e. The lowest BCUT2D eigenvalue weighted by molar-refractivity contribution is -0.123. The molecule has 0 radical (unpaired) electrons. The molecule has 9 heteroatoms. The van der Waals surface area contributed by atoms with Crippen molar-refractivity contribution >= 4 is 33.2 Å². The van der Waals surface area contributed by atoms with E-state index in [1.807, 2.05) is 31.2 Å². The number of piperidine rings is 1. The summed E-state index contributed by atoms with van der Waals surface area (Å²) in [6, 6.07) is 12.2. The van der Waals surface area contributed by atoms with Crippen LogP contribution in [0.2, 0.25) is 0 Å². The van der Waals surface area contributed by atoms with E-state index in [0.717, 1.165) is 11.3 Å². The van der Waals surface area contributed by atoms with Crippen molar-refractivity contribution in [2.24, 2.45) is 5.92 Å². The van der Waals surface area contributed by atoms with Gasteiger partial charge in [-0.3, -0.25) is 9.59 Å². The van der Waals surface area contributed by atoms with Crippen LogP contribution >= 0.6 is 0 Å². The summed E-state index contributed by atoms with van der Waals surface area (Å²) in [6.07, 6.45) is 0.915. The van der Waals surface area contributed by atoms with Gasteiger partial charge in [-0.15, -0.1) is 0 Å². The lowest BCUT2D eigenvalue weighted by Crippen LogP contribution is -2.43. The van der Waals surface area contributed by atoms with Crippen LogP contribution in [0.15, 0.2) is 47.4 Å². The zero-order chi connectivity index (χ0) is 22.2. The summed E-state index contributed by atoms with van der Waals surface area (Å²) in [5, 5.41) is 2.63. The molecule has 0 saturated carbocycles. The summed E-state index contributed by atoms with van der Waals surface area (Å²) in [6.45, 7) is 2.42. The fourth-order valence-electron chi connectivity index (χ4n) is 3.95. The third-order valence-corrected chi connectivity index (χ3v) is 7.64. The predicted octanol–water partition coefficient (Wildman–Crippen LogP) is 2.39. The zero-order valence-electron chi connectivity index (χ0n) is 17.5. The van der Waals surface area contributed by atoms with Crippen LogP contribution in [0.5, 0.6) is 5.75 Å². The molecule has 2 amide bonds. The minimum Gasteiger partial charge on any atom is -0.482 e. The molecular weight excluding hydrogens is 418 g/mol. The molecule has 4 rings (SSSR count). The molecule has 2 aliphatic rings. The first-order valence-corrected chi connectivity index (χ1v) is 11.6. The normalized spacial score (nSPS) is 17.4. The van der Waals surface area contributed by atoms with Crippen molar-refractivity contribution in [1.82, 2.24) is 4.31 Å². The molecule has 0 spiro atoms. The number of carbonyl (C=O) groups excluding carboxylic acids is 2. The van der Waals surface area contributed by atoms with Crippen molar-refractivity contribution in [2.75, 3.05) is 37.0 Å². The molecule has 0 atom stereocenters. The summed E-state index contributed by atoms with van der Waals surface area (Å²) < 4.78 is 32.9. The van der Waals surface area contributed by atoms with E-state index in [9.17, 15) is 18.0 Å². The monoisotopic (exact) mass is 443 g/mol. The van der Waals surface area contributed by atoms with Crippen molar-refractivity contribution in [3.8, 4) is 5.75 Å². The van der Waals surface area contributed by atoms with E-state index in [1.54, 1.807) is 18.0 Å². The van der Waals surface area contributed by atoms with Crippen molar-refractivity contribution < 1.29 is 22.7 Å². The van der Waals surface area contributed by atoms with Crippen LogP contribution in [-0.4, -0.2) is 51.3 Å². The Labute approximate surface area is 181 Å². The van der Waals surface area contributed by atoms with Crippen LogP contribution in [0.25, 0.3) is 0 Å². The maximum absolute atomic E-state index is 13.1. The Balaban J connectivity index is 1.44. The number of rotatable bonds is 4. The number of amides is 2. The van der Waals surface area contributed by atoms with Crippen LogP contribution in [0.4, 0.5) is 11.4 Å². The number of fused-ring (bicyclic) bond motifs is 1. The first-order chi connectivity index (χ1) is 14.8. The number of benzene rings is 2. The van der Waals surface area contributed by atoms with Gasteiger partial charge in [0.05, 0.1) is 10.6 Å². The molecular formula is C22H25N3O5S. The number of nitrogens with zero attached hydrogens (tertiary/aromatic N) is 2. The van der Waals surface area contributed by atoms with Gasteiger partial charge < -0.3 is 15.0 Å². The SMILES string of the molecule is Cc1cccc(N(C)C(=O)C2CCN(S(=O)(=O)c3ccc4c(c3)NC(=O)CO4)CC2)c1. The average molecular weight is 444 g/mol. The minimum absolute atomic E-state index is 0.00344. The van der Waals surface area contributed by atoms with E-state index >= 15 is 0 Å². The molecule has 2 aromatic rings. The maximum Gasteiger partial charge on any atom is 0.262 e. The quantitative estimate of drug-likeness (QED) is 0.783. The largest absolute Gasteiger partial charge is 0.482 e. The van der Waals surface area contributed by atoms with E-state index in [1.165, 1.54) is 16.4 Å². The van der Waals surface area contributed by atoms with Crippen LogP contribution in [0.3, 0.4) is 0 Å². The van der Waals surface area contributed by atoms with E-state index in [0.29, 0.717) is 24.3 Å². The minimum atomic E-state index is -3.74. The number of hydrogen-bond donors (Lipinski definition) is 1. The Hall–Kier alpha value is -2.91. The van der Waals surface area contributed by atoms with E-state index in [-0.39, 0.29) is 42.3 Å². The standard InChI is InChI=1S/C22H25N3O5S/c1-15-4-3-5-17(12-15)24(2)22(27)16-8-10-25(11-9-16)31(28,29)18-6-7-20-19(13-18)23-21(26)14-30-20/h3-7,12-13,16H,8-11,14H2,1-2H3,(H,23,26). The highest BCUT2D eigenvalue weighted by Crippen LogP contribution is 2.32. The summed E-state index contributed by atoms with van der Waals surface area (Å²) >= 11 is 0. The molecule has 2 heterocycles. The summed E-state index contributed by atoms with van der Waals surface area (Å²) in [5.74, 6) is -0.106. The Morgan fingerprint density at radius 2 is 1.90 bits per heavy atom. The summed E-state index contributed by atoms with van der Waals surface area (Å²) in [4.78, 5) is 26.2. The second kappa shape index (κ2) is 8.32. The number of anilines is 2. The highest BCUT2D eigenvalue weighted by molar-refractivity contribution is 7.89. The number of hydrogen-bond acceptors (Lipinski definition) is 5. The topological polar surface area (TPSA) is 96.0 Å². The molecule has 31 heavy (non-hydrogen) atoms. The lowest BCUT2D eigenvalue weighted by atomic mass is 9.96. The molecule has 1 N–H and O–H groups in total. The molecule has 164 valence electrons. The molecule has 0 aliphatic carbocycles. The number of nitrogens with one attached hydrogen (secondary N) is 1. The van der Waals surface area contributed by atoms with Gasteiger partial charge >= 0.3 is 0 Å². The third kappa shape index (κ3) is 4.28. The first kappa shape index (κ1) is 21.3. The molecule has 8 nitrogen and oxygen atoms in total. The van der Waals surface area contributed by atoms with Gasteiger partial charge in [0.15, 0.2) is 6.61 Å². The Kier molecular flexibility index (Phi) is 5.72. The second-order valence-electron chi connectivity index (χ2n) is 7.91. The Morgan fingerprint density at radius 1 is 1.16 bits per heavy atom. The average Bonchev–Trinajstić information content (AvgIpc) is 2.77. The van der Waals surface area contributed by atoms with Gasteiger partial charge in [0, 0.05) is 31.7 Å². The van der Waals surface area contributed by atoms with Gasteiger partial charge in [0.25, 0.3) is 5.91 Å². The highest BCUT2D eigenvalue weighted by Gasteiger charge is 2.34. The van der Waals surface area contributed by atoms with Crippen LogP contribution < -0.4 is 15.0 Å². The fourth-order valence-corrected chi connectivity index (χ4v) is 5.45. The molecule has 0 aromatic heterocycles. The number of aryl methyl sites for hydroxylation is 1. The van der Waals surface area contributed by atoms with Crippen LogP contribution in [-0.2, 0) is 19.6 Å². The predicted molar refractivity (Wildman–Crippen MR) is 117 cm³/mol. The number of ether oxygens (including phenoxy) is 1. The Bertz CT molecular complexity index is 1120. The summed E-state index contributed by atoms with van der Waals surface area (Å²) in [5.41, 5.74) is 2.25. The molecule has 0 unspecified atom stereocenters. The summed E-state index contributed by atoms with van der Waals surface area (Å²) in [7, 11) is -1.98. The third-order valence-electron chi connectivity index (χ3n) is 5.74. The van der Waals surface area contributed by atoms with Crippen LogP contribution in [0.1, 0.15) is 18.4 Å². The lowest BCUT2D eigenvalue weighted by Gasteiger charge is -2.32. The van der Waals surface area contributed by atoms with E-state index < -0.39 is 10.0 Å². The number of sulfonamides is 1. The van der Waals surface area contributed by atoms with Crippen molar-refractivity contribution in [2.45, 2.75) is 24.7 Å². The molecule has 0 bridgehead atoms. The van der Waals surface area contributed by atoms with Crippen molar-refractivity contribution in [3.63, 3.8) is 0 Å². The van der Waals surface area contributed by atoms with Gasteiger partial charge in [0.1, 0.15) is 5.75 Å². The zero-order valence-corrected chi connectivity index (χ0v) is 18.3. The second-order valence-corrected chi connectivity index (χ2v) is 9.85. The molecule has 2 aliphatic heterocycles. The van der Waals surface area contributed by atoms with Gasteiger partial charge in [-0.2, -0.15) is 4.31 Å². The number of carbonyl (C=O) groups is 2. The fraction of sp³-hybridized carbons (Fsp3) is 0.364. The molecule has 2 aromatic carbocycles. The van der Waals surface area contributed by atoms with Gasteiger partial charge in [-0.1, -0.05) is 12.1 Å². The highest BCUT2D eigenvalue weighted by atomic mass is 32.2. The maximum atomic E-state index is 13.1. The van der Waals surface area contributed by atoms with Crippen LogP contribution in [0, 0.1) is 12.8 Å². The molecule has 1 saturated heterocycles. The Morgan fingerprint density at radius 3 is 2.61 bits per heavy atom. The van der Waals surface area contributed by atoms with Gasteiger partial charge in [0.2, 0.25) is 15.9 Å². The van der Waals surface area contributed by atoms with Gasteiger partial charge in [-0.25, -0.2) is 8.42 Å². The first-order valence-electron chi connectivity index (χ1n) is 10.2. The van der Waals surface area contributed by atoms with Gasteiger partial charge in [-0.05, 0) is 55.7 Å². The van der Waals surface area contributed by atoms with E-state index in [2.05, 4.69) is 5.32 Å². The van der Waals surface area contributed by atoms with E-state index in [4.69, 9.17) is 4.74 Å². The van der Waals surface area contributed by atoms with Crippen molar-refractivity contribution in [3.05, 3.63) is 48.0 Å².